The fourth-order valence-corrected chi connectivity index (χ4v) is 4.30. The highest BCUT2D eigenvalue weighted by atomic mass is 16.6. The molecule has 6 heteroatoms. The van der Waals surface area contributed by atoms with Gasteiger partial charge in [0.25, 0.3) is 11.6 Å². The van der Waals surface area contributed by atoms with E-state index in [9.17, 15) is 14.9 Å². The molecule has 1 aliphatic carbocycles. The number of benzene rings is 1. The number of carbonyl (C=O) groups excluding carboxylic acids is 1. The largest absolute Gasteiger partial charge is 0.325 e. The summed E-state index contributed by atoms with van der Waals surface area (Å²) in [5.74, 6) is 1.45. The van der Waals surface area contributed by atoms with Crippen molar-refractivity contribution >= 4 is 17.3 Å². The molecule has 0 spiro atoms. The van der Waals surface area contributed by atoms with Crippen LogP contribution in [0.15, 0.2) is 24.3 Å². The van der Waals surface area contributed by atoms with Gasteiger partial charge in [-0.2, -0.15) is 0 Å². The Morgan fingerprint density at radius 1 is 1.25 bits per heavy atom. The molecule has 1 amide bonds. The van der Waals surface area contributed by atoms with E-state index >= 15 is 0 Å². The molecule has 24 heavy (non-hydrogen) atoms. The summed E-state index contributed by atoms with van der Waals surface area (Å²) in [6, 6.07) is 6.13. The summed E-state index contributed by atoms with van der Waals surface area (Å²) in [6.45, 7) is 4.01. The maximum atomic E-state index is 12.6. The highest BCUT2D eigenvalue weighted by molar-refractivity contribution is 5.95. The standard InChI is InChI=1S/C18H25N3O3/c1-13(20-11-10-14-6-2-3-7-15(14)12-20)18(22)19-16-8-4-5-9-17(16)21(23)24/h4-5,8-9,13-15H,2-3,6-7,10-12H2,1H3,(H,19,22)/p+1/t13-,14+,15-/m1/s1. The second-order valence-corrected chi connectivity index (χ2v) is 7.19. The van der Waals surface area contributed by atoms with E-state index in [-0.39, 0.29) is 23.3 Å². The van der Waals surface area contributed by atoms with Gasteiger partial charge in [0.15, 0.2) is 6.04 Å². The molecule has 1 aromatic rings. The summed E-state index contributed by atoms with van der Waals surface area (Å²) in [7, 11) is 0. The van der Waals surface area contributed by atoms with Gasteiger partial charge in [-0.1, -0.05) is 25.0 Å². The van der Waals surface area contributed by atoms with Crippen LogP contribution in [-0.2, 0) is 4.79 Å². The molecule has 2 N–H and O–H groups in total. The SMILES string of the molecule is C[C@H](C(=O)Nc1ccccc1[N+](=O)[O-])[NH+]1CC[C@@H]2CCCC[C@@H]2C1. The summed E-state index contributed by atoms with van der Waals surface area (Å²) in [5.41, 5.74) is 0.227. The van der Waals surface area contributed by atoms with Crippen molar-refractivity contribution in [2.24, 2.45) is 11.8 Å². The number of piperidine rings is 1. The van der Waals surface area contributed by atoms with E-state index in [1.807, 2.05) is 6.92 Å². The van der Waals surface area contributed by atoms with Crippen LogP contribution in [0.4, 0.5) is 11.4 Å². The number of nitro benzene ring substituents is 1. The minimum Gasteiger partial charge on any atom is -0.325 e. The van der Waals surface area contributed by atoms with Crippen LogP contribution < -0.4 is 10.2 Å². The van der Waals surface area contributed by atoms with Crippen molar-refractivity contribution in [3.63, 3.8) is 0 Å². The number of hydrogen-bond acceptors (Lipinski definition) is 3. The lowest BCUT2D eigenvalue weighted by molar-refractivity contribution is -0.924. The quantitative estimate of drug-likeness (QED) is 0.654. The highest BCUT2D eigenvalue weighted by Gasteiger charge is 2.37. The lowest BCUT2D eigenvalue weighted by Gasteiger charge is -2.40. The van der Waals surface area contributed by atoms with E-state index in [1.165, 1.54) is 43.1 Å². The van der Waals surface area contributed by atoms with Crippen molar-refractivity contribution in [3.05, 3.63) is 34.4 Å². The number of para-hydroxylation sites is 2. The van der Waals surface area contributed by atoms with Crippen LogP contribution in [0.1, 0.15) is 39.0 Å². The third-order valence-electron chi connectivity index (χ3n) is 5.79. The molecule has 3 rings (SSSR count). The molecule has 6 nitrogen and oxygen atoms in total. The molecule has 0 radical (unpaired) electrons. The number of carbonyl (C=O) groups is 1. The van der Waals surface area contributed by atoms with Crippen LogP contribution in [-0.4, -0.2) is 30.0 Å². The Hall–Kier alpha value is -1.95. The normalized spacial score (nSPS) is 27.8. The minimum absolute atomic E-state index is 0.0564. The van der Waals surface area contributed by atoms with Crippen LogP contribution in [0, 0.1) is 22.0 Å². The van der Waals surface area contributed by atoms with E-state index in [4.69, 9.17) is 0 Å². The highest BCUT2D eigenvalue weighted by Crippen LogP contribution is 2.32. The molecular formula is C18H26N3O3+. The van der Waals surface area contributed by atoms with Crippen molar-refractivity contribution < 1.29 is 14.6 Å². The molecular weight excluding hydrogens is 306 g/mol. The number of fused-ring (bicyclic) bond motifs is 1. The smallest absolute Gasteiger partial charge is 0.292 e. The van der Waals surface area contributed by atoms with E-state index in [1.54, 1.807) is 18.2 Å². The predicted octanol–water partition coefficient (Wildman–Crippen LogP) is 2.02. The van der Waals surface area contributed by atoms with Crippen LogP contribution in [0.25, 0.3) is 0 Å². The summed E-state index contributed by atoms with van der Waals surface area (Å²) in [6.07, 6.45) is 6.49. The summed E-state index contributed by atoms with van der Waals surface area (Å²) < 4.78 is 0. The molecule has 1 aromatic carbocycles. The van der Waals surface area contributed by atoms with E-state index in [0.29, 0.717) is 0 Å². The fraction of sp³-hybridized carbons (Fsp3) is 0.611. The van der Waals surface area contributed by atoms with Gasteiger partial charge in [-0.25, -0.2) is 0 Å². The Bertz CT molecular complexity index is 619. The number of nitro groups is 1. The van der Waals surface area contributed by atoms with Gasteiger partial charge in [0.1, 0.15) is 5.69 Å². The molecule has 2 fully saturated rings. The Balaban J connectivity index is 1.64. The van der Waals surface area contributed by atoms with Crippen molar-refractivity contribution in [3.8, 4) is 0 Å². The summed E-state index contributed by atoms with van der Waals surface area (Å²) >= 11 is 0. The average molecular weight is 332 g/mol. The van der Waals surface area contributed by atoms with Crippen LogP contribution in [0.3, 0.4) is 0 Å². The van der Waals surface area contributed by atoms with E-state index in [0.717, 1.165) is 24.9 Å². The van der Waals surface area contributed by atoms with Gasteiger partial charge in [-0.05, 0) is 38.2 Å². The zero-order valence-electron chi connectivity index (χ0n) is 14.2. The average Bonchev–Trinajstić information content (AvgIpc) is 2.61. The maximum Gasteiger partial charge on any atom is 0.292 e. The van der Waals surface area contributed by atoms with Gasteiger partial charge in [0.05, 0.1) is 18.0 Å². The molecule has 1 saturated heterocycles. The number of likely N-dealkylation sites (tertiary alicyclic amines) is 1. The first-order chi connectivity index (χ1) is 11.6. The topological polar surface area (TPSA) is 76.7 Å². The maximum absolute atomic E-state index is 12.6. The van der Waals surface area contributed by atoms with Crippen LogP contribution >= 0.6 is 0 Å². The van der Waals surface area contributed by atoms with Gasteiger partial charge in [-0.15, -0.1) is 0 Å². The van der Waals surface area contributed by atoms with Gasteiger partial charge >= 0.3 is 0 Å². The second kappa shape index (κ2) is 7.30. The lowest BCUT2D eigenvalue weighted by atomic mass is 9.75. The van der Waals surface area contributed by atoms with Gasteiger partial charge in [-0.3, -0.25) is 14.9 Å². The minimum atomic E-state index is -0.458. The molecule has 0 aromatic heterocycles. The first-order valence-corrected chi connectivity index (χ1v) is 8.95. The molecule has 1 unspecified atom stereocenters. The number of rotatable bonds is 4. The summed E-state index contributed by atoms with van der Waals surface area (Å²) in [4.78, 5) is 24.5. The molecule has 4 atom stereocenters. The van der Waals surface area contributed by atoms with Crippen molar-refractivity contribution in [2.75, 3.05) is 18.4 Å². The Labute approximate surface area is 142 Å². The third kappa shape index (κ3) is 3.59. The Morgan fingerprint density at radius 2 is 1.96 bits per heavy atom. The van der Waals surface area contributed by atoms with E-state index in [2.05, 4.69) is 5.32 Å². The van der Waals surface area contributed by atoms with Gasteiger partial charge < -0.3 is 10.2 Å². The Kier molecular flexibility index (Phi) is 5.14. The number of hydrogen-bond donors (Lipinski definition) is 2. The van der Waals surface area contributed by atoms with Crippen molar-refractivity contribution in [1.82, 2.24) is 0 Å². The lowest BCUT2D eigenvalue weighted by Crippen LogP contribution is -3.18. The van der Waals surface area contributed by atoms with Crippen molar-refractivity contribution in [1.29, 1.82) is 0 Å². The van der Waals surface area contributed by atoms with E-state index < -0.39 is 4.92 Å². The first-order valence-electron chi connectivity index (χ1n) is 8.95. The monoisotopic (exact) mass is 332 g/mol. The van der Waals surface area contributed by atoms with Crippen molar-refractivity contribution in [2.45, 2.75) is 45.1 Å². The first kappa shape index (κ1) is 16.9. The second-order valence-electron chi connectivity index (χ2n) is 7.19. The molecule has 130 valence electrons. The number of quaternary nitrogens is 1. The third-order valence-corrected chi connectivity index (χ3v) is 5.79. The van der Waals surface area contributed by atoms with Gasteiger partial charge in [0, 0.05) is 12.0 Å². The molecule has 0 bridgehead atoms. The number of anilines is 1. The molecule has 1 heterocycles. The molecule has 1 saturated carbocycles. The zero-order chi connectivity index (χ0) is 17.1. The number of nitrogens with zero attached hydrogens (tertiary/aromatic N) is 1. The molecule has 2 aliphatic rings. The van der Waals surface area contributed by atoms with Gasteiger partial charge in [0.2, 0.25) is 0 Å². The molecule has 1 aliphatic heterocycles. The predicted molar refractivity (Wildman–Crippen MR) is 91.9 cm³/mol. The zero-order valence-corrected chi connectivity index (χ0v) is 14.2. The van der Waals surface area contributed by atoms with Crippen LogP contribution in [0.2, 0.25) is 0 Å². The summed E-state index contributed by atoms with van der Waals surface area (Å²) in [5, 5.41) is 13.8. The number of amides is 1. The Morgan fingerprint density at radius 3 is 2.71 bits per heavy atom. The number of nitrogens with one attached hydrogen (secondary N) is 2. The fourth-order valence-electron chi connectivity index (χ4n) is 4.30. The van der Waals surface area contributed by atoms with Crippen LogP contribution in [0.5, 0.6) is 0 Å².